The lowest BCUT2D eigenvalue weighted by Gasteiger charge is -2.29. The molecule has 1 aromatic rings. The highest BCUT2D eigenvalue weighted by atomic mass is 16.5. The number of methoxy groups -OCH3 is 1. The topological polar surface area (TPSA) is 56.5 Å². The number of benzene rings is 1. The van der Waals surface area contributed by atoms with E-state index in [1.165, 1.54) is 24.0 Å². The van der Waals surface area contributed by atoms with Crippen LogP contribution in [0.2, 0.25) is 0 Å². The molecule has 0 aliphatic heterocycles. The van der Waals surface area contributed by atoms with Gasteiger partial charge in [0.1, 0.15) is 5.75 Å². The summed E-state index contributed by atoms with van der Waals surface area (Å²) in [7, 11) is 1.71. The maximum atomic E-state index is 5.96. The Hall–Kier alpha value is -1.10. The molecule has 2 rings (SSSR count). The molecule has 112 valence electrons. The van der Waals surface area contributed by atoms with Gasteiger partial charge in [0.25, 0.3) is 0 Å². The van der Waals surface area contributed by atoms with Crippen LogP contribution in [-0.2, 0) is 4.74 Å². The standard InChI is InChI=1S/C16H26N2O2/c1-5-20-16(12-6-7-12)15(18-17)14-11(3)8-10(2)9-13(14)19-4/h8-9,12,15-16,18H,5-7,17H2,1-4H3. The zero-order valence-corrected chi connectivity index (χ0v) is 12.9. The maximum Gasteiger partial charge on any atom is 0.124 e. The van der Waals surface area contributed by atoms with E-state index in [0.717, 1.165) is 11.3 Å². The van der Waals surface area contributed by atoms with E-state index in [1.54, 1.807) is 7.11 Å². The summed E-state index contributed by atoms with van der Waals surface area (Å²) in [5, 5.41) is 0. The Morgan fingerprint density at radius 2 is 2.05 bits per heavy atom. The van der Waals surface area contributed by atoms with Crippen molar-refractivity contribution in [3.05, 3.63) is 28.8 Å². The van der Waals surface area contributed by atoms with Crippen molar-refractivity contribution in [3.63, 3.8) is 0 Å². The fourth-order valence-electron chi connectivity index (χ4n) is 2.97. The maximum absolute atomic E-state index is 5.96. The summed E-state index contributed by atoms with van der Waals surface area (Å²) in [6, 6.07) is 4.19. The lowest BCUT2D eigenvalue weighted by atomic mass is 9.92. The highest BCUT2D eigenvalue weighted by Gasteiger charge is 2.39. The molecule has 0 radical (unpaired) electrons. The number of hydrazine groups is 1. The second-order valence-electron chi connectivity index (χ2n) is 5.60. The number of hydrogen-bond donors (Lipinski definition) is 2. The quantitative estimate of drug-likeness (QED) is 0.594. The van der Waals surface area contributed by atoms with Gasteiger partial charge in [-0.25, -0.2) is 0 Å². The minimum atomic E-state index is -0.0296. The molecule has 0 heterocycles. The number of hydrogen-bond acceptors (Lipinski definition) is 4. The van der Waals surface area contributed by atoms with E-state index in [0.29, 0.717) is 12.5 Å². The first-order valence-corrected chi connectivity index (χ1v) is 7.35. The molecule has 20 heavy (non-hydrogen) atoms. The largest absolute Gasteiger partial charge is 0.496 e. The van der Waals surface area contributed by atoms with Crippen molar-refractivity contribution < 1.29 is 9.47 Å². The van der Waals surface area contributed by atoms with Crippen LogP contribution >= 0.6 is 0 Å². The molecule has 1 aromatic carbocycles. The van der Waals surface area contributed by atoms with E-state index in [1.807, 2.05) is 6.92 Å². The van der Waals surface area contributed by atoms with Crippen LogP contribution in [-0.4, -0.2) is 19.8 Å². The van der Waals surface area contributed by atoms with E-state index < -0.39 is 0 Å². The lowest BCUT2D eigenvalue weighted by Crippen LogP contribution is -2.40. The molecule has 4 nitrogen and oxygen atoms in total. The molecule has 1 aliphatic carbocycles. The van der Waals surface area contributed by atoms with Crippen LogP contribution in [0.3, 0.4) is 0 Å². The molecule has 0 spiro atoms. The molecule has 0 saturated heterocycles. The third kappa shape index (κ3) is 3.14. The van der Waals surface area contributed by atoms with Crippen molar-refractivity contribution in [2.45, 2.75) is 45.8 Å². The van der Waals surface area contributed by atoms with Gasteiger partial charge < -0.3 is 9.47 Å². The van der Waals surface area contributed by atoms with Crippen molar-refractivity contribution >= 4 is 0 Å². The predicted molar refractivity (Wildman–Crippen MR) is 80.7 cm³/mol. The van der Waals surface area contributed by atoms with Crippen molar-refractivity contribution in [3.8, 4) is 5.75 Å². The molecular formula is C16H26N2O2. The Labute approximate surface area is 121 Å². The number of ether oxygens (including phenoxy) is 2. The summed E-state index contributed by atoms with van der Waals surface area (Å²) in [6.07, 6.45) is 2.55. The van der Waals surface area contributed by atoms with Crippen LogP contribution in [0, 0.1) is 19.8 Å². The minimum absolute atomic E-state index is 0.0296. The third-order valence-corrected chi connectivity index (χ3v) is 3.98. The van der Waals surface area contributed by atoms with Crippen molar-refractivity contribution in [1.29, 1.82) is 0 Å². The molecule has 1 fully saturated rings. The van der Waals surface area contributed by atoms with Crippen molar-refractivity contribution in [2.24, 2.45) is 11.8 Å². The van der Waals surface area contributed by atoms with Crippen LogP contribution in [0.1, 0.15) is 42.5 Å². The molecule has 0 aromatic heterocycles. The molecule has 2 unspecified atom stereocenters. The SMILES string of the molecule is CCOC(C1CC1)C(NN)c1c(C)cc(C)cc1OC. The number of nitrogens with one attached hydrogen (secondary N) is 1. The smallest absolute Gasteiger partial charge is 0.124 e. The summed E-state index contributed by atoms with van der Waals surface area (Å²) in [6.45, 7) is 6.91. The molecule has 3 N–H and O–H groups in total. The summed E-state index contributed by atoms with van der Waals surface area (Å²) < 4.78 is 11.5. The number of aryl methyl sites for hydroxylation is 2. The van der Waals surface area contributed by atoms with Crippen LogP contribution in [0.25, 0.3) is 0 Å². The van der Waals surface area contributed by atoms with E-state index in [9.17, 15) is 0 Å². The summed E-state index contributed by atoms with van der Waals surface area (Å²) >= 11 is 0. The Balaban J connectivity index is 2.39. The lowest BCUT2D eigenvalue weighted by molar-refractivity contribution is 0.0178. The van der Waals surface area contributed by atoms with Gasteiger partial charge in [0.2, 0.25) is 0 Å². The second kappa shape index (κ2) is 6.57. The molecule has 0 bridgehead atoms. The van der Waals surface area contributed by atoms with Crippen LogP contribution < -0.4 is 16.0 Å². The summed E-state index contributed by atoms with van der Waals surface area (Å²) in [5.74, 6) is 7.33. The highest BCUT2D eigenvalue weighted by Crippen LogP contribution is 2.42. The third-order valence-electron chi connectivity index (χ3n) is 3.98. The van der Waals surface area contributed by atoms with E-state index in [2.05, 4.69) is 31.4 Å². The van der Waals surface area contributed by atoms with Gasteiger partial charge in [-0.3, -0.25) is 11.3 Å². The zero-order chi connectivity index (χ0) is 14.7. The van der Waals surface area contributed by atoms with Crippen molar-refractivity contribution in [1.82, 2.24) is 5.43 Å². The Morgan fingerprint density at radius 1 is 1.35 bits per heavy atom. The Bertz CT molecular complexity index is 458. The van der Waals surface area contributed by atoms with Gasteiger partial charge in [0.05, 0.1) is 19.3 Å². The molecule has 2 atom stereocenters. The zero-order valence-electron chi connectivity index (χ0n) is 12.9. The Morgan fingerprint density at radius 3 is 2.55 bits per heavy atom. The second-order valence-corrected chi connectivity index (χ2v) is 5.60. The number of nitrogens with two attached hydrogens (primary N) is 1. The average Bonchev–Trinajstić information content (AvgIpc) is 3.24. The average molecular weight is 278 g/mol. The first-order chi connectivity index (χ1) is 9.62. The van der Waals surface area contributed by atoms with Crippen LogP contribution in [0.15, 0.2) is 12.1 Å². The summed E-state index contributed by atoms with van der Waals surface area (Å²) in [5.41, 5.74) is 6.45. The van der Waals surface area contributed by atoms with Crippen LogP contribution in [0.4, 0.5) is 0 Å². The monoisotopic (exact) mass is 278 g/mol. The predicted octanol–water partition coefficient (Wildman–Crippen LogP) is 2.63. The Kier molecular flexibility index (Phi) is 5.02. The first kappa shape index (κ1) is 15.3. The van der Waals surface area contributed by atoms with E-state index in [4.69, 9.17) is 15.3 Å². The molecule has 1 aliphatic rings. The summed E-state index contributed by atoms with van der Waals surface area (Å²) in [4.78, 5) is 0. The first-order valence-electron chi connectivity index (χ1n) is 7.35. The number of rotatable bonds is 7. The molecular weight excluding hydrogens is 252 g/mol. The van der Waals surface area contributed by atoms with Crippen LogP contribution in [0.5, 0.6) is 5.75 Å². The highest BCUT2D eigenvalue weighted by molar-refractivity contribution is 5.45. The van der Waals surface area contributed by atoms with E-state index in [-0.39, 0.29) is 12.1 Å². The van der Waals surface area contributed by atoms with E-state index >= 15 is 0 Å². The van der Waals surface area contributed by atoms with Gasteiger partial charge in [-0.05, 0) is 56.7 Å². The van der Waals surface area contributed by atoms with Gasteiger partial charge in [-0.1, -0.05) is 6.07 Å². The van der Waals surface area contributed by atoms with Gasteiger partial charge >= 0.3 is 0 Å². The minimum Gasteiger partial charge on any atom is -0.496 e. The van der Waals surface area contributed by atoms with Gasteiger partial charge in [0.15, 0.2) is 0 Å². The fourth-order valence-corrected chi connectivity index (χ4v) is 2.97. The normalized spacial score (nSPS) is 17.9. The van der Waals surface area contributed by atoms with Gasteiger partial charge in [0, 0.05) is 12.2 Å². The van der Waals surface area contributed by atoms with Gasteiger partial charge in [-0.15, -0.1) is 0 Å². The van der Waals surface area contributed by atoms with Gasteiger partial charge in [-0.2, -0.15) is 0 Å². The van der Waals surface area contributed by atoms with Crippen molar-refractivity contribution in [2.75, 3.05) is 13.7 Å². The fraction of sp³-hybridized carbons (Fsp3) is 0.625. The molecule has 4 heteroatoms. The molecule has 1 saturated carbocycles. The molecule has 0 amide bonds.